The molecule has 1 atom stereocenters. The molecule has 4 heteroatoms. The topological polar surface area (TPSA) is 58.6 Å². The standard InChI is InChI=1S/C17H27NO3/c1-6-8-18-17(5,16(19)20)7-9-21-15-13(3)10-12(2)11-14(15)4/h10-11,18H,6-9H2,1-5H3,(H,19,20). The summed E-state index contributed by atoms with van der Waals surface area (Å²) in [4.78, 5) is 11.4. The van der Waals surface area contributed by atoms with Gasteiger partial charge >= 0.3 is 5.97 Å². The number of ether oxygens (including phenoxy) is 1. The predicted molar refractivity (Wildman–Crippen MR) is 85.1 cm³/mol. The lowest BCUT2D eigenvalue weighted by atomic mass is 9.98. The van der Waals surface area contributed by atoms with Gasteiger partial charge in [-0.1, -0.05) is 24.6 Å². The number of carbonyl (C=O) groups is 1. The fourth-order valence-corrected chi connectivity index (χ4v) is 2.42. The maximum Gasteiger partial charge on any atom is 0.323 e. The summed E-state index contributed by atoms with van der Waals surface area (Å²) < 4.78 is 5.85. The van der Waals surface area contributed by atoms with E-state index in [1.54, 1.807) is 6.92 Å². The highest BCUT2D eigenvalue weighted by Gasteiger charge is 2.32. The van der Waals surface area contributed by atoms with E-state index in [0.717, 1.165) is 23.3 Å². The van der Waals surface area contributed by atoms with Crippen LogP contribution in [0.4, 0.5) is 0 Å². The van der Waals surface area contributed by atoms with Crippen LogP contribution in [0.2, 0.25) is 0 Å². The van der Waals surface area contributed by atoms with Crippen LogP contribution in [0.5, 0.6) is 5.75 Å². The van der Waals surface area contributed by atoms with Gasteiger partial charge in [0.15, 0.2) is 0 Å². The van der Waals surface area contributed by atoms with Crippen LogP contribution in [0.1, 0.15) is 43.4 Å². The van der Waals surface area contributed by atoms with Crippen molar-refractivity contribution in [1.82, 2.24) is 5.32 Å². The molecule has 0 saturated carbocycles. The van der Waals surface area contributed by atoms with Crippen molar-refractivity contribution in [3.05, 3.63) is 28.8 Å². The van der Waals surface area contributed by atoms with Crippen molar-refractivity contribution in [1.29, 1.82) is 0 Å². The fraction of sp³-hybridized carbons (Fsp3) is 0.588. The van der Waals surface area contributed by atoms with E-state index in [1.807, 2.05) is 20.8 Å². The Hall–Kier alpha value is -1.55. The molecule has 0 aliphatic heterocycles. The van der Waals surface area contributed by atoms with Gasteiger partial charge < -0.3 is 15.2 Å². The number of benzene rings is 1. The van der Waals surface area contributed by atoms with Crippen molar-refractivity contribution in [3.8, 4) is 5.75 Å². The number of nitrogens with one attached hydrogen (secondary N) is 1. The smallest absolute Gasteiger partial charge is 0.323 e. The molecule has 2 N–H and O–H groups in total. The Labute approximate surface area is 127 Å². The minimum Gasteiger partial charge on any atom is -0.493 e. The SMILES string of the molecule is CCCNC(C)(CCOc1c(C)cc(C)cc1C)C(=O)O. The zero-order valence-electron chi connectivity index (χ0n) is 13.7. The number of carboxylic acid groups (broad SMARTS) is 1. The first-order chi connectivity index (χ1) is 9.80. The molecule has 0 fully saturated rings. The molecule has 0 radical (unpaired) electrons. The molecule has 0 aliphatic carbocycles. The Morgan fingerprint density at radius 3 is 2.33 bits per heavy atom. The highest BCUT2D eigenvalue weighted by Crippen LogP contribution is 2.25. The van der Waals surface area contributed by atoms with Gasteiger partial charge in [0.2, 0.25) is 0 Å². The zero-order chi connectivity index (χ0) is 16.0. The summed E-state index contributed by atoms with van der Waals surface area (Å²) in [6.07, 6.45) is 1.33. The van der Waals surface area contributed by atoms with Gasteiger partial charge in [0.25, 0.3) is 0 Å². The average Bonchev–Trinajstić information content (AvgIpc) is 2.39. The first kappa shape index (κ1) is 17.5. The van der Waals surface area contributed by atoms with Gasteiger partial charge in [-0.3, -0.25) is 4.79 Å². The number of carboxylic acids is 1. The molecular weight excluding hydrogens is 266 g/mol. The molecular formula is C17H27NO3. The molecule has 21 heavy (non-hydrogen) atoms. The maximum atomic E-state index is 11.4. The molecule has 0 saturated heterocycles. The molecule has 1 rings (SSSR count). The quantitative estimate of drug-likeness (QED) is 0.772. The van der Waals surface area contributed by atoms with Crippen LogP contribution in [0.3, 0.4) is 0 Å². The molecule has 0 amide bonds. The largest absolute Gasteiger partial charge is 0.493 e. The Balaban J connectivity index is 2.69. The number of aryl methyl sites for hydroxylation is 3. The Bertz CT molecular complexity index is 476. The summed E-state index contributed by atoms with van der Waals surface area (Å²) >= 11 is 0. The van der Waals surface area contributed by atoms with E-state index >= 15 is 0 Å². The third-order valence-corrected chi connectivity index (χ3v) is 3.69. The Morgan fingerprint density at radius 1 is 1.29 bits per heavy atom. The number of hydrogen-bond donors (Lipinski definition) is 2. The molecule has 118 valence electrons. The summed E-state index contributed by atoms with van der Waals surface area (Å²) in [5.74, 6) is 0.0285. The van der Waals surface area contributed by atoms with Crippen molar-refractivity contribution in [2.24, 2.45) is 0 Å². The van der Waals surface area contributed by atoms with Crippen molar-refractivity contribution < 1.29 is 14.6 Å². The first-order valence-electron chi connectivity index (χ1n) is 7.49. The van der Waals surface area contributed by atoms with Crippen molar-refractivity contribution in [2.75, 3.05) is 13.2 Å². The summed E-state index contributed by atoms with van der Waals surface area (Å²) in [5, 5.41) is 12.5. The van der Waals surface area contributed by atoms with Gasteiger partial charge in [-0.15, -0.1) is 0 Å². The maximum absolute atomic E-state index is 11.4. The van der Waals surface area contributed by atoms with Crippen molar-refractivity contribution in [3.63, 3.8) is 0 Å². The lowest BCUT2D eigenvalue weighted by Gasteiger charge is -2.26. The molecule has 0 spiro atoms. The molecule has 0 aromatic heterocycles. The number of aliphatic carboxylic acids is 1. The van der Waals surface area contributed by atoms with E-state index in [2.05, 4.69) is 24.4 Å². The van der Waals surface area contributed by atoms with Crippen molar-refractivity contribution in [2.45, 2.75) is 53.0 Å². The van der Waals surface area contributed by atoms with Crippen LogP contribution in [-0.4, -0.2) is 29.8 Å². The van der Waals surface area contributed by atoms with Crippen LogP contribution >= 0.6 is 0 Å². The monoisotopic (exact) mass is 293 g/mol. The Kier molecular flexibility index (Phi) is 6.21. The summed E-state index contributed by atoms with van der Waals surface area (Å²) in [6, 6.07) is 4.15. The lowest BCUT2D eigenvalue weighted by Crippen LogP contribution is -2.50. The van der Waals surface area contributed by atoms with Crippen LogP contribution < -0.4 is 10.1 Å². The molecule has 0 aliphatic rings. The van der Waals surface area contributed by atoms with Crippen LogP contribution in [0.15, 0.2) is 12.1 Å². The Morgan fingerprint density at radius 2 is 1.86 bits per heavy atom. The van der Waals surface area contributed by atoms with E-state index in [0.29, 0.717) is 19.6 Å². The summed E-state index contributed by atoms with van der Waals surface area (Å²) in [6.45, 7) is 10.9. The molecule has 0 heterocycles. The highest BCUT2D eigenvalue weighted by molar-refractivity contribution is 5.78. The first-order valence-corrected chi connectivity index (χ1v) is 7.49. The van der Waals surface area contributed by atoms with Gasteiger partial charge in [0.1, 0.15) is 11.3 Å². The van der Waals surface area contributed by atoms with E-state index in [9.17, 15) is 9.90 Å². The van der Waals surface area contributed by atoms with Crippen molar-refractivity contribution >= 4 is 5.97 Å². The summed E-state index contributed by atoms with van der Waals surface area (Å²) in [7, 11) is 0. The predicted octanol–water partition coefficient (Wildman–Crippen LogP) is 3.22. The molecule has 1 aromatic rings. The second kappa shape index (κ2) is 7.46. The van der Waals surface area contributed by atoms with Gasteiger partial charge in [-0.25, -0.2) is 0 Å². The fourth-order valence-electron chi connectivity index (χ4n) is 2.42. The van der Waals surface area contributed by atoms with E-state index in [-0.39, 0.29) is 0 Å². The van der Waals surface area contributed by atoms with E-state index in [1.165, 1.54) is 5.56 Å². The molecule has 1 unspecified atom stereocenters. The minimum absolute atomic E-state index is 0.379. The third-order valence-electron chi connectivity index (χ3n) is 3.69. The third kappa shape index (κ3) is 4.74. The molecule has 0 bridgehead atoms. The van der Waals surface area contributed by atoms with Gasteiger partial charge in [-0.05, 0) is 51.8 Å². The zero-order valence-corrected chi connectivity index (χ0v) is 13.7. The number of rotatable bonds is 8. The van der Waals surface area contributed by atoms with E-state index < -0.39 is 11.5 Å². The van der Waals surface area contributed by atoms with Gasteiger partial charge in [-0.2, -0.15) is 0 Å². The van der Waals surface area contributed by atoms with E-state index in [4.69, 9.17) is 4.74 Å². The van der Waals surface area contributed by atoms with Crippen LogP contribution in [-0.2, 0) is 4.79 Å². The highest BCUT2D eigenvalue weighted by atomic mass is 16.5. The second-order valence-corrected chi connectivity index (χ2v) is 5.89. The average molecular weight is 293 g/mol. The second-order valence-electron chi connectivity index (χ2n) is 5.89. The van der Waals surface area contributed by atoms with Crippen LogP contribution in [0, 0.1) is 20.8 Å². The normalized spacial score (nSPS) is 13.8. The van der Waals surface area contributed by atoms with Gasteiger partial charge in [0.05, 0.1) is 6.61 Å². The summed E-state index contributed by atoms with van der Waals surface area (Å²) in [5.41, 5.74) is 2.44. The molecule has 4 nitrogen and oxygen atoms in total. The lowest BCUT2D eigenvalue weighted by molar-refractivity contribution is -0.144. The minimum atomic E-state index is -0.942. The van der Waals surface area contributed by atoms with Gasteiger partial charge in [0, 0.05) is 6.42 Å². The number of hydrogen-bond acceptors (Lipinski definition) is 3. The van der Waals surface area contributed by atoms with Crippen LogP contribution in [0.25, 0.3) is 0 Å². The molecule has 1 aromatic carbocycles.